The van der Waals surface area contributed by atoms with Gasteiger partial charge in [-0.3, -0.25) is 4.79 Å². The fourth-order valence-corrected chi connectivity index (χ4v) is 2.16. The summed E-state index contributed by atoms with van der Waals surface area (Å²) in [5.74, 6) is -0.105. The lowest BCUT2D eigenvalue weighted by atomic mass is 9.82. The number of rotatable bonds is 2. The Kier molecular flexibility index (Phi) is 3.07. The molecule has 0 aromatic carbocycles. The molecule has 1 aromatic rings. The number of nitrogens with zero attached hydrogens (tertiary/aromatic N) is 1. The molecule has 0 unspecified atom stereocenters. The fourth-order valence-electron chi connectivity index (χ4n) is 2.16. The second-order valence-electron chi connectivity index (χ2n) is 4.02. The Bertz CT molecular complexity index is 414. The van der Waals surface area contributed by atoms with Gasteiger partial charge >= 0.3 is 11.7 Å². The molecule has 1 aromatic heterocycles. The van der Waals surface area contributed by atoms with E-state index in [0.717, 1.165) is 25.7 Å². The van der Waals surface area contributed by atoms with Gasteiger partial charge in [0.25, 0.3) is 0 Å². The van der Waals surface area contributed by atoms with E-state index in [-0.39, 0.29) is 17.8 Å². The molecule has 16 heavy (non-hydrogen) atoms. The number of aromatic amines is 1. The molecule has 0 spiro atoms. The fraction of sp³-hybridized carbons (Fsp3) is 0.700. The maximum atomic E-state index is 11.3. The highest BCUT2D eigenvalue weighted by Gasteiger charge is 2.29. The van der Waals surface area contributed by atoms with Gasteiger partial charge in [-0.15, -0.1) is 5.10 Å². The molecule has 88 valence electrons. The number of H-pyrrole nitrogens is 1. The van der Waals surface area contributed by atoms with Gasteiger partial charge in [0.1, 0.15) is 0 Å². The summed E-state index contributed by atoms with van der Waals surface area (Å²) in [4.78, 5) is 22.1. The third-order valence-electron chi connectivity index (χ3n) is 3.07. The Morgan fingerprint density at radius 1 is 1.44 bits per heavy atom. The highest BCUT2D eigenvalue weighted by Crippen LogP contribution is 2.34. The average molecular weight is 226 g/mol. The predicted octanol–water partition coefficient (Wildman–Crippen LogP) is 0.810. The van der Waals surface area contributed by atoms with Crippen LogP contribution in [0.2, 0.25) is 0 Å². The van der Waals surface area contributed by atoms with Crippen LogP contribution in [0.5, 0.6) is 0 Å². The van der Waals surface area contributed by atoms with Crippen molar-refractivity contribution in [1.82, 2.24) is 10.2 Å². The van der Waals surface area contributed by atoms with Crippen molar-refractivity contribution in [2.75, 3.05) is 7.11 Å². The Labute approximate surface area is 92.0 Å². The summed E-state index contributed by atoms with van der Waals surface area (Å²) in [6, 6.07) is 0. The quantitative estimate of drug-likeness (QED) is 0.754. The summed E-state index contributed by atoms with van der Waals surface area (Å²) in [6.07, 6.45) is 3.11. The van der Waals surface area contributed by atoms with Crippen LogP contribution in [0.1, 0.15) is 37.5 Å². The highest BCUT2D eigenvalue weighted by atomic mass is 16.5. The lowest BCUT2D eigenvalue weighted by molar-refractivity contribution is -0.146. The van der Waals surface area contributed by atoms with Crippen molar-refractivity contribution < 1.29 is 13.9 Å². The maximum Gasteiger partial charge on any atom is 0.434 e. The first-order valence-corrected chi connectivity index (χ1v) is 5.34. The van der Waals surface area contributed by atoms with Crippen LogP contribution in [0.4, 0.5) is 0 Å². The van der Waals surface area contributed by atoms with Crippen LogP contribution in [-0.2, 0) is 9.53 Å². The summed E-state index contributed by atoms with van der Waals surface area (Å²) in [5.41, 5.74) is 0. The van der Waals surface area contributed by atoms with Crippen molar-refractivity contribution in [3.05, 3.63) is 16.4 Å². The lowest BCUT2D eigenvalue weighted by Crippen LogP contribution is -2.22. The van der Waals surface area contributed by atoms with Crippen LogP contribution in [0.25, 0.3) is 0 Å². The number of carbonyl (C=O) groups excluding carboxylic acids is 1. The molecule has 0 atom stereocenters. The summed E-state index contributed by atoms with van der Waals surface area (Å²) in [5, 5.41) is 6.06. The summed E-state index contributed by atoms with van der Waals surface area (Å²) >= 11 is 0. The molecule has 0 amide bonds. The van der Waals surface area contributed by atoms with Gasteiger partial charge in [0, 0.05) is 5.92 Å². The Morgan fingerprint density at radius 2 is 2.12 bits per heavy atom. The van der Waals surface area contributed by atoms with E-state index < -0.39 is 5.76 Å². The molecule has 1 saturated carbocycles. The van der Waals surface area contributed by atoms with E-state index >= 15 is 0 Å². The first kappa shape index (κ1) is 10.9. The van der Waals surface area contributed by atoms with E-state index in [9.17, 15) is 9.59 Å². The Morgan fingerprint density at radius 3 is 2.62 bits per heavy atom. The maximum absolute atomic E-state index is 11.3. The molecular weight excluding hydrogens is 212 g/mol. The van der Waals surface area contributed by atoms with Crippen LogP contribution in [0.3, 0.4) is 0 Å². The van der Waals surface area contributed by atoms with Crippen LogP contribution in [0, 0.1) is 5.92 Å². The molecule has 1 aliphatic carbocycles. The minimum atomic E-state index is -0.523. The van der Waals surface area contributed by atoms with E-state index in [4.69, 9.17) is 9.15 Å². The van der Waals surface area contributed by atoms with Crippen molar-refractivity contribution in [2.24, 2.45) is 5.92 Å². The Hall–Kier alpha value is -1.59. The first-order valence-electron chi connectivity index (χ1n) is 5.34. The van der Waals surface area contributed by atoms with Gasteiger partial charge in [0.15, 0.2) is 0 Å². The molecular formula is C10H14N2O4. The number of aromatic nitrogens is 2. The normalized spacial score (nSPS) is 25.3. The van der Waals surface area contributed by atoms with Gasteiger partial charge in [-0.05, 0) is 25.7 Å². The molecule has 6 heteroatoms. The van der Waals surface area contributed by atoms with Crippen molar-refractivity contribution in [3.8, 4) is 0 Å². The molecule has 0 aliphatic heterocycles. The number of nitrogens with one attached hydrogen (secondary N) is 1. The molecule has 1 heterocycles. The first-order chi connectivity index (χ1) is 7.70. The third-order valence-corrected chi connectivity index (χ3v) is 3.07. The van der Waals surface area contributed by atoms with Gasteiger partial charge < -0.3 is 9.15 Å². The van der Waals surface area contributed by atoms with Gasteiger partial charge in [-0.25, -0.2) is 9.89 Å². The van der Waals surface area contributed by atoms with Gasteiger partial charge in [-0.1, -0.05) is 0 Å². The van der Waals surface area contributed by atoms with Crippen LogP contribution >= 0.6 is 0 Å². The zero-order valence-electron chi connectivity index (χ0n) is 9.06. The van der Waals surface area contributed by atoms with Gasteiger partial charge in [0.05, 0.1) is 13.0 Å². The van der Waals surface area contributed by atoms with E-state index in [2.05, 4.69) is 10.2 Å². The van der Waals surface area contributed by atoms with Crippen LogP contribution in [-0.4, -0.2) is 23.3 Å². The van der Waals surface area contributed by atoms with E-state index in [1.54, 1.807) is 0 Å². The van der Waals surface area contributed by atoms with Crippen LogP contribution in [0.15, 0.2) is 9.21 Å². The van der Waals surface area contributed by atoms with Gasteiger partial charge in [-0.2, -0.15) is 0 Å². The minimum absolute atomic E-state index is 0.0214. The number of methoxy groups -OCH3 is 1. The highest BCUT2D eigenvalue weighted by molar-refractivity contribution is 5.72. The molecule has 0 radical (unpaired) electrons. The van der Waals surface area contributed by atoms with Crippen molar-refractivity contribution >= 4 is 5.97 Å². The van der Waals surface area contributed by atoms with Crippen molar-refractivity contribution in [3.63, 3.8) is 0 Å². The third kappa shape index (κ3) is 2.15. The standard InChI is InChI=1S/C10H14N2O4/c1-15-9(13)7-4-2-6(3-5-7)8-11-12-10(14)16-8/h6-7H,2-5H2,1H3,(H,12,14). The smallest absolute Gasteiger partial charge is 0.434 e. The topological polar surface area (TPSA) is 85.2 Å². The molecule has 1 aliphatic rings. The van der Waals surface area contributed by atoms with Crippen LogP contribution < -0.4 is 5.76 Å². The number of hydrogen-bond donors (Lipinski definition) is 1. The molecule has 2 rings (SSSR count). The average Bonchev–Trinajstić information content (AvgIpc) is 2.75. The number of hydrogen-bond acceptors (Lipinski definition) is 5. The second-order valence-corrected chi connectivity index (χ2v) is 4.02. The largest absolute Gasteiger partial charge is 0.469 e. The lowest BCUT2D eigenvalue weighted by Gasteiger charge is -2.24. The SMILES string of the molecule is COC(=O)C1CCC(c2n[nH]c(=O)o2)CC1. The monoisotopic (exact) mass is 226 g/mol. The molecule has 0 saturated heterocycles. The van der Waals surface area contributed by atoms with Crippen molar-refractivity contribution in [2.45, 2.75) is 31.6 Å². The van der Waals surface area contributed by atoms with E-state index in [1.165, 1.54) is 7.11 Å². The van der Waals surface area contributed by atoms with Gasteiger partial charge in [0.2, 0.25) is 5.89 Å². The second kappa shape index (κ2) is 4.51. The molecule has 1 N–H and O–H groups in total. The Balaban J connectivity index is 1.95. The molecule has 1 fully saturated rings. The zero-order valence-corrected chi connectivity index (χ0v) is 9.06. The number of esters is 1. The summed E-state index contributed by atoms with van der Waals surface area (Å²) < 4.78 is 9.61. The summed E-state index contributed by atoms with van der Waals surface area (Å²) in [7, 11) is 1.40. The zero-order chi connectivity index (χ0) is 11.5. The number of carbonyl (C=O) groups is 1. The number of ether oxygens (including phenoxy) is 1. The van der Waals surface area contributed by atoms with Crippen molar-refractivity contribution in [1.29, 1.82) is 0 Å². The predicted molar refractivity (Wildman–Crippen MR) is 53.8 cm³/mol. The molecule has 6 nitrogen and oxygen atoms in total. The van der Waals surface area contributed by atoms with E-state index in [1.807, 2.05) is 0 Å². The summed E-state index contributed by atoms with van der Waals surface area (Å²) in [6.45, 7) is 0. The minimum Gasteiger partial charge on any atom is -0.469 e. The van der Waals surface area contributed by atoms with E-state index in [0.29, 0.717) is 5.89 Å². The molecule has 0 bridgehead atoms.